The van der Waals surface area contributed by atoms with Crippen molar-refractivity contribution in [1.82, 2.24) is 14.7 Å². The number of rotatable bonds is 4. The molecule has 0 radical (unpaired) electrons. The summed E-state index contributed by atoms with van der Waals surface area (Å²) in [4.78, 5) is 14.7. The van der Waals surface area contributed by atoms with Crippen molar-refractivity contribution in [3.8, 4) is 16.9 Å². The Bertz CT molecular complexity index is 1060. The molecule has 1 spiro atoms. The summed E-state index contributed by atoms with van der Waals surface area (Å²) in [5.74, 6) is -0.475. The number of nitrogens with zero attached hydrogens (tertiary/aromatic N) is 3. The van der Waals surface area contributed by atoms with E-state index in [0.29, 0.717) is 39.1 Å². The maximum atomic E-state index is 12.8. The van der Waals surface area contributed by atoms with Crippen molar-refractivity contribution in [3.63, 3.8) is 0 Å². The van der Waals surface area contributed by atoms with Crippen LogP contribution in [0.4, 0.5) is 0 Å². The van der Waals surface area contributed by atoms with Crippen LogP contribution in [-0.2, 0) is 14.3 Å². The molecular weight excluding hydrogens is 390 g/mol. The van der Waals surface area contributed by atoms with E-state index in [9.17, 15) is 4.79 Å². The summed E-state index contributed by atoms with van der Waals surface area (Å²) in [5.41, 5.74) is 3.74. The molecule has 6 heteroatoms. The number of hydrogen-bond acceptors (Lipinski definition) is 4. The SMILES string of the molecule is O=C(C=Cc1cn(-c2ccccc2)nc1-c1ccccc1)N1CCC2(CC1)OCCO2. The second-order valence-corrected chi connectivity index (χ2v) is 7.85. The molecule has 158 valence electrons. The van der Waals surface area contributed by atoms with Crippen LogP contribution in [-0.4, -0.2) is 52.7 Å². The molecule has 2 aromatic carbocycles. The number of aromatic nitrogens is 2. The quantitative estimate of drug-likeness (QED) is 0.606. The van der Waals surface area contributed by atoms with E-state index in [0.717, 1.165) is 22.5 Å². The number of carbonyl (C=O) groups is 1. The Hall–Kier alpha value is -3.22. The van der Waals surface area contributed by atoms with Crippen LogP contribution < -0.4 is 0 Å². The molecule has 3 aromatic rings. The van der Waals surface area contributed by atoms with Crippen LogP contribution in [0.5, 0.6) is 0 Å². The Kier molecular flexibility index (Phi) is 5.40. The maximum Gasteiger partial charge on any atom is 0.246 e. The molecule has 0 bridgehead atoms. The van der Waals surface area contributed by atoms with Crippen molar-refractivity contribution in [2.75, 3.05) is 26.3 Å². The van der Waals surface area contributed by atoms with Gasteiger partial charge in [0.15, 0.2) is 5.79 Å². The largest absolute Gasteiger partial charge is 0.347 e. The third-order valence-electron chi connectivity index (χ3n) is 5.87. The Morgan fingerprint density at radius 1 is 0.935 bits per heavy atom. The minimum absolute atomic E-state index is 0.000630. The van der Waals surface area contributed by atoms with E-state index in [-0.39, 0.29) is 5.91 Å². The van der Waals surface area contributed by atoms with Crippen molar-refractivity contribution < 1.29 is 14.3 Å². The van der Waals surface area contributed by atoms with E-state index in [1.54, 1.807) is 6.08 Å². The first-order chi connectivity index (χ1) is 15.2. The topological polar surface area (TPSA) is 56.6 Å². The number of amides is 1. The molecular formula is C25H25N3O3. The number of hydrogen-bond donors (Lipinski definition) is 0. The highest BCUT2D eigenvalue weighted by atomic mass is 16.7. The summed E-state index contributed by atoms with van der Waals surface area (Å²) in [7, 11) is 0. The summed E-state index contributed by atoms with van der Waals surface area (Å²) in [6, 6.07) is 20.0. The number of benzene rings is 2. The zero-order chi connectivity index (χ0) is 21.1. The molecule has 2 saturated heterocycles. The average Bonchev–Trinajstić information content (AvgIpc) is 3.47. The van der Waals surface area contributed by atoms with Crippen molar-refractivity contribution in [1.29, 1.82) is 0 Å². The van der Waals surface area contributed by atoms with E-state index in [2.05, 4.69) is 0 Å². The second kappa shape index (κ2) is 8.49. The minimum Gasteiger partial charge on any atom is -0.347 e. The van der Waals surface area contributed by atoms with Crippen LogP contribution >= 0.6 is 0 Å². The highest BCUT2D eigenvalue weighted by molar-refractivity contribution is 5.93. The summed E-state index contributed by atoms with van der Waals surface area (Å²) >= 11 is 0. The molecule has 0 aliphatic carbocycles. The maximum absolute atomic E-state index is 12.8. The van der Waals surface area contributed by atoms with Crippen LogP contribution in [0, 0.1) is 0 Å². The molecule has 6 nitrogen and oxygen atoms in total. The van der Waals surface area contributed by atoms with Crippen molar-refractivity contribution in [3.05, 3.63) is 78.5 Å². The molecule has 1 aromatic heterocycles. The van der Waals surface area contributed by atoms with Gasteiger partial charge in [-0.2, -0.15) is 5.10 Å². The molecule has 31 heavy (non-hydrogen) atoms. The summed E-state index contributed by atoms with van der Waals surface area (Å²) in [6.07, 6.45) is 6.91. The molecule has 2 aliphatic rings. The molecule has 0 unspecified atom stereocenters. The van der Waals surface area contributed by atoms with Gasteiger partial charge < -0.3 is 14.4 Å². The van der Waals surface area contributed by atoms with Gasteiger partial charge in [0.25, 0.3) is 0 Å². The zero-order valence-electron chi connectivity index (χ0n) is 17.3. The van der Waals surface area contributed by atoms with E-state index < -0.39 is 5.79 Å². The molecule has 0 N–H and O–H groups in total. The molecule has 2 aliphatic heterocycles. The van der Waals surface area contributed by atoms with Gasteiger partial charge in [-0.25, -0.2) is 4.68 Å². The predicted molar refractivity (Wildman–Crippen MR) is 118 cm³/mol. The average molecular weight is 415 g/mol. The zero-order valence-corrected chi connectivity index (χ0v) is 17.3. The summed E-state index contributed by atoms with van der Waals surface area (Å²) in [6.45, 7) is 2.55. The van der Waals surface area contributed by atoms with Crippen LogP contribution in [0.3, 0.4) is 0 Å². The lowest BCUT2D eigenvalue weighted by Crippen LogP contribution is -2.46. The highest BCUT2D eigenvalue weighted by Crippen LogP contribution is 2.31. The number of piperidine rings is 1. The fourth-order valence-electron chi connectivity index (χ4n) is 4.16. The van der Waals surface area contributed by atoms with Crippen LogP contribution in [0.1, 0.15) is 18.4 Å². The Morgan fingerprint density at radius 3 is 2.26 bits per heavy atom. The van der Waals surface area contributed by atoms with Gasteiger partial charge in [0, 0.05) is 49.3 Å². The van der Waals surface area contributed by atoms with Crippen LogP contribution in [0.15, 0.2) is 72.9 Å². The number of para-hydroxylation sites is 1. The van der Waals surface area contributed by atoms with Gasteiger partial charge in [0.2, 0.25) is 5.91 Å². The van der Waals surface area contributed by atoms with Gasteiger partial charge in [-0.3, -0.25) is 4.79 Å². The van der Waals surface area contributed by atoms with Crippen molar-refractivity contribution in [2.24, 2.45) is 0 Å². The van der Waals surface area contributed by atoms with Crippen LogP contribution in [0.2, 0.25) is 0 Å². The first kappa shape index (κ1) is 19.7. The fourth-order valence-corrected chi connectivity index (χ4v) is 4.16. The third-order valence-corrected chi connectivity index (χ3v) is 5.87. The smallest absolute Gasteiger partial charge is 0.246 e. The van der Waals surface area contributed by atoms with E-state index in [1.807, 2.05) is 82.5 Å². The van der Waals surface area contributed by atoms with Gasteiger partial charge in [-0.1, -0.05) is 48.5 Å². The lowest BCUT2D eigenvalue weighted by molar-refractivity contribution is -0.186. The second-order valence-electron chi connectivity index (χ2n) is 7.85. The van der Waals surface area contributed by atoms with Crippen molar-refractivity contribution in [2.45, 2.75) is 18.6 Å². The highest BCUT2D eigenvalue weighted by Gasteiger charge is 2.40. The summed E-state index contributed by atoms with van der Waals surface area (Å²) in [5, 5.41) is 4.80. The first-order valence-corrected chi connectivity index (χ1v) is 10.7. The monoisotopic (exact) mass is 415 g/mol. The lowest BCUT2D eigenvalue weighted by Gasteiger charge is -2.37. The molecule has 5 rings (SSSR count). The minimum atomic E-state index is -0.474. The Morgan fingerprint density at radius 2 is 1.58 bits per heavy atom. The summed E-state index contributed by atoms with van der Waals surface area (Å²) < 4.78 is 13.4. The predicted octanol–water partition coefficient (Wildman–Crippen LogP) is 3.92. The lowest BCUT2D eigenvalue weighted by atomic mass is 10.0. The standard InChI is InChI=1S/C25H25N3O3/c29-23(27-15-13-25(14-16-27)30-17-18-31-25)12-11-21-19-28(22-9-5-2-6-10-22)26-24(21)20-7-3-1-4-8-20/h1-12,19H,13-18H2. The molecule has 3 heterocycles. The Labute approximate surface area is 181 Å². The van der Waals surface area contributed by atoms with Gasteiger partial charge in [-0.05, 0) is 18.2 Å². The van der Waals surface area contributed by atoms with E-state index in [1.165, 1.54) is 0 Å². The van der Waals surface area contributed by atoms with Gasteiger partial charge >= 0.3 is 0 Å². The fraction of sp³-hybridized carbons (Fsp3) is 0.280. The number of carbonyl (C=O) groups excluding carboxylic acids is 1. The third kappa shape index (κ3) is 4.17. The number of likely N-dealkylation sites (tertiary alicyclic amines) is 1. The molecule has 2 fully saturated rings. The van der Waals surface area contributed by atoms with Gasteiger partial charge in [-0.15, -0.1) is 0 Å². The van der Waals surface area contributed by atoms with Gasteiger partial charge in [0.1, 0.15) is 0 Å². The van der Waals surface area contributed by atoms with E-state index in [4.69, 9.17) is 14.6 Å². The van der Waals surface area contributed by atoms with E-state index >= 15 is 0 Å². The Balaban J connectivity index is 1.37. The molecule has 0 atom stereocenters. The molecule has 0 saturated carbocycles. The normalized spacial score (nSPS) is 18.1. The van der Waals surface area contributed by atoms with Crippen LogP contribution in [0.25, 0.3) is 23.0 Å². The van der Waals surface area contributed by atoms with Crippen molar-refractivity contribution >= 4 is 12.0 Å². The number of ether oxygens (including phenoxy) is 2. The first-order valence-electron chi connectivity index (χ1n) is 10.7. The van der Waals surface area contributed by atoms with Gasteiger partial charge in [0.05, 0.1) is 24.6 Å². The molecule has 1 amide bonds.